The number of hydrogen-bond acceptors (Lipinski definition) is 6. The molecule has 1 fully saturated rings. The first-order valence-electron chi connectivity index (χ1n) is 7.49. The van der Waals surface area contributed by atoms with Crippen molar-refractivity contribution in [2.45, 2.75) is 45.8 Å². The summed E-state index contributed by atoms with van der Waals surface area (Å²) in [6.07, 6.45) is 4.84. The third kappa shape index (κ3) is 4.08. The summed E-state index contributed by atoms with van der Waals surface area (Å²) in [5, 5.41) is 2.77. The lowest BCUT2D eigenvalue weighted by molar-refractivity contribution is -0.118. The van der Waals surface area contributed by atoms with Crippen LogP contribution in [-0.4, -0.2) is 40.7 Å². The summed E-state index contributed by atoms with van der Waals surface area (Å²) >= 11 is 0. The van der Waals surface area contributed by atoms with Gasteiger partial charge in [0.15, 0.2) is 0 Å². The standard InChI is InChI=1S/C15H23BN4O3/c1-10(21)18-7-11(6-12-8-20-13(17)9-19-12)16-22-14(2,3)15(4,5)23-16/h6,8-9H,7H2,1-5H3,(H2,17,20)(H,18,21). The first-order chi connectivity index (χ1) is 10.6. The van der Waals surface area contributed by atoms with E-state index in [-0.39, 0.29) is 5.91 Å². The van der Waals surface area contributed by atoms with E-state index in [1.165, 1.54) is 13.1 Å². The molecular formula is C15H23BN4O3. The first kappa shape index (κ1) is 17.4. The highest BCUT2D eigenvalue weighted by Gasteiger charge is 2.52. The molecule has 8 heteroatoms. The highest BCUT2D eigenvalue weighted by Crippen LogP contribution is 2.38. The lowest BCUT2D eigenvalue weighted by atomic mass is 9.77. The largest absolute Gasteiger partial charge is 0.492 e. The van der Waals surface area contributed by atoms with Crippen LogP contribution in [0.1, 0.15) is 40.3 Å². The van der Waals surface area contributed by atoms with E-state index in [4.69, 9.17) is 15.0 Å². The Morgan fingerprint density at radius 3 is 2.35 bits per heavy atom. The molecule has 2 heterocycles. The summed E-state index contributed by atoms with van der Waals surface area (Å²) in [6.45, 7) is 9.68. The van der Waals surface area contributed by atoms with Crippen LogP contribution in [0, 0.1) is 0 Å². The molecule has 3 N–H and O–H groups in total. The summed E-state index contributed by atoms with van der Waals surface area (Å²) in [4.78, 5) is 19.5. The third-order valence-corrected chi connectivity index (χ3v) is 4.12. The van der Waals surface area contributed by atoms with Gasteiger partial charge in [-0.05, 0) is 39.2 Å². The highest BCUT2D eigenvalue weighted by atomic mass is 16.7. The van der Waals surface area contributed by atoms with E-state index in [2.05, 4.69) is 15.3 Å². The summed E-state index contributed by atoms with van der Waals surface area (Å²) in [5.41, 5.74) is 6.01. The molecule has 1 aliphatic rings. The van der Waals surface area contributed by atoms with Gasteiger partial charge in [-0.3, -0.25) is 9.78 Å². The van der Waals surface area contributed by atoms with Gasteiger partial charge in [0.25, 0.3) is 0 Å². The van der Waals surface area contributed by atoms with Crippen LogP contribution >= 0.6 is 0 Å². The van der Waals surface area contributed by atoms with E-state index in [1.807, 2.05) is 27.7 Å². The average molecular weight is 318 g/mol. The van der Waals surface area contributed by atoms with Crippen molar-refractivity contribution in [3.05, 3.63) is 23.6 Å². The Labute approximate surface area is 136 Å². The van der Waals surface area contributed by atoms with Crippen molar-refractivity contribution in [2.75, 3.05) is 12.3 Å². The van der Waals surface area contributed by atoms with E-state index in [0.29, 0.717) is 18.1 Å². The zero-order chi connectivity index (χ0) is 17.3. The Balaban J connectivity index is 2.28. The van der Waals surface area contributed by atoms with E-state index in [9.17, 15) is 4.79 Å². The molecule has 1 amide bonds. The fraction of sp³-hybridized carbons (Fsp3) is 0.533. The topological polar surface area (TPSA) is 99.4 Å². The van der Waals surface area contributed by atoms with Crippen molar-refractivity contribution in [3.63, 3.8) is 0 Å². The van der Waals surface area contributed by atoms with Crippen LogP contribution in [0.2, 0.25) is 0 Å². The Kier molecular flexibility index (Phi) is 4.77. The van der Waals surface area contributed by atoms with Crippen molar-refractivity contribution < 1.29 is 14.1 Å². The van der Waals surface area contributed by atoms with Crippen LogP contribution in [0.25, 0.3) is 6.08 Å². The molecule has 0 aliphatic carbocycles. The van der Waals surface area contributed by atoms with Gasteiger partial charge < -0.3 is 20.4 Å². The van der Waals surface area contributed by atoms with Gasteiger partial charge in [0, 0.05) is 13.5 Å². The monoisotopic (exact) mass is 318 g/mol. The molecule has 1 aromatic rings. The molecule has 2 rings (SSSR count). The maximum atomic E-state index is 11.3. The molecule has 0 radical (unpaired) electrons. The number of aromatic nitrogens is 2. The molecule has 0 atom stereocenters. The third-order valence-electron chi connectivity index (χ3n) is 4.12. The molecule has 124 valence electrons. The number of nitrogens with zero attached hydrogens (tertiary/aromatic N) is 2. The molecule has 1 saturated heterocycles. The number of rotatable bonds is 4. The normalized spacial score (nSPS) is 19.7. The van der Waals surface area contributed by atoms with E-state index < -0.39 is 18.3 Å². The first-order valence-corrected chi connectivity index (χ1v) is 7.49. The van der Waals surface area contributed by atoms with Crippen molar-refractivity contribution in [1.29, 1.82) is 0 Å². The molecular weight excluding hydrogens is 295 g/mol. The summed E-state index contributed by atoms with van der Waals surface area (Å²) in [6, 6.07) is 0. The summed E-state index contributed by atoms with van der Waals surface area (Å²) in [7, 11) is -0.564. The van der Waals surface area contributed by atoms with Crippen LogP contribution in [-0.2, 0) is 14.1 Å². The molecule has 1 aliphatic heterocycles. The Morgan fingerprint density at radius 1 is 1.26 bits per heavy atom. The average Bonchev–Trinajstić information content (AvgIpc) is 2.65. The number of carbonyl (C=O) groups is 1. The number of carbonyl (C=O) groups excluding carboxylic acids is 1. The van der Waals surface area contributed by atoms with Crippen molar-refractivity contribution >= 4 is 24.9 Å². The summed E-state index contributed by atoms with van der Waals surface area (Å²) in [5.74, 6) is 0.219. The second-order valence-electron chi connectivity index (χ2n) is 6.58. The minimum absolute atomic E-state index is 0.129. The minimum Gasteiger partial charge on any atom is -0.400 e. The Morgan fingerprint density at radius 2 is 1.87 bits per heavy atom. The second-order valence-corrected chi connectivity index (χ2v) is 6.58. The van der Waals surface area contributed by atoms with Crippen molar-refractivity contribution in [3.8, 4) is 0 Å². The van der Waals surface area contributed by atoms with Gasteiger partial charge >= 0.3 is 7.12 Å². The van der Waals surface area contributed by atoms with Gasteiger partial charge in [0.05, 0.1) is 29.3 Å². The van der Waals surface area contributed by atoms with Crippen molar-refractivity contribution in [1.82, 2.24) is 15.3 Å². The zero-order valence-corrected chi connectivity index (χ0v) is 14.2. The van der Waals surface area contributed by atoms with E-state index in [1.54, 1.807) is 12.3 Å². The minimum atomic E-state index is -0.564. The number of nitrogens with one attached hydrogen (secondary N) is 1. The fourth-order valence-corrected chi connectivity index (χ4v) is 2.04. The Hall–Kier alpha value is -1.93. The Bertz CT molecular complexity index is 598. The summed E-state index contributed by atoms with van der Waals surface area (Å²) < 4.78 is 12.1. The lowest BCUT2D eigenvalue weighted by Gasteiger charge is -2.32. The fourth-order valence-electron chi connectivity index (χ4n) is 2.04. The van der Waals surface area contributed by atoms with Gasteiger partial charge in [-0.15, -0.1) is 0 Å². The molecule has 23 heavy (non-hydrogen) atoms. The van der Waals surface area contributed by atoms with Crippen LogP contribution in [0.3, 0.4) is 0 Å². The van der Waals surface area contributed by atoms with Gasteiger partial charge in [-0.25, -0.2) is 4.98 Å². The quantitative estimate of drug-likeness (QED) is 0.810. The van der Waals surface area contributed by atoms with Crippen molar-refractivity contribution in [2.24, 2.45) is 0 Å². The zero-order valence-electron chi connectivity index (χ0n) is 14.2. The molecule has 0 unspecified atom stereocenters. The van der Waals surface area contributed by atoms with Crippen LogP contribution in [0.15, 0.2) is 17.9 Å². The van der Waals surface area contributed by atoms with Gasteiger partial charge in [0.1, 0.15) is 5.82 Å². The van der Waals surface area contributed by atoms with Crippen LogP contribution in [0.4, 0.5) is 5.82 Å². The number of nitrogen functional groups attached to an aromatic ring is 1. The number of amides is 1. The van der Waals surface area contributed by atoms with Crippen LogP contribution < -0.4 is 11.1 Å². The number of nitrogens with two attached hydrogens (primary N) is 1. The highest BCUT2D eigenvalue weighted by molar-refractivity contribution is 6.56. The van der Waals surface area contributed by atoms with Gasteiger partial charge in [-0.1, -0.05) is 0 Å². The van der Waals surface area contributed by atoms with Crippen LogP contribution in [0.5, 0.6) is 0 Å². The van der Waals surface area contributed by atoms with E-state index in [0.717, 1.165) is 5.47 Å². The predicted molar refractivity (Wildman–Crippen MR) is 89.2 cm³/mol. The van der Waals surface area contributed by atoms with Gasteiger partial charge in [0.2, 0.25) is 5.91 Å². The number of anilines is 1. The molecule has 7 nitrogen and oxygen atoms in total. The second kappa shape index (κ2) is 6.29. The molecule has 1 aromatic heterocycles. The molecule has 0 bridgehead atoms. The molecule has 0 aromatic carbocycles. The maximum absolute atomic E-state index is 11.3. The molecule has 0 saturated carbocycles. The lowest BCUT2D eigenvalue weighted by Crippen LogP contribution is -2.41. The predicted octanol–water partition coefficient (Wildman–Crippen LogP) is 1.21. The smallest absolute Gasteiger partial charge is 0.400 e. The van der Waals surface area contributed by atoms with Gasteiger partial charge in [-0.2, -0.15) is 0 Å². The van der Waals surface area contributed by atoms with E-state index >= 15 is 0 Å². The SMILES string of the molecule is CC(=O)NCC(=Cc1cnc(N)cn1)B1OC(C)(C)C(C)(C)O1. The number of hydrogen-bond donors (Lipinski definition) is 2. The maximum Gasteiger partial charge on any atom is 0.492 e. The molecule has 0 spiro atoms.